The van der Waals surface area contributed by atoms with Crippen molar-refractivity contribution in [1.82, 2.24) is 0 Å². The minimum atomic E-state index is -0.957. The summed E-state index contributed by atoms with van der Waals surface area (Å²) >= 11 is 0. The average Bonchev–Trinajstić information content (AvgIpc) is 2.64. The van der Waals surface area contributed by atoms with Crippen molar-refractivity contribution in [3.05, 3.63) is 74.3 Å². The van der Waals surface area contributed by atoms with Crippen molar-refractivity contribution in [3.63, 3.8) is 0 Å². The van der Waals surface area contributed by atoms with Crippen LogP contribution in [0.25, 0.3) is 0 Å². The number of ketones is 1. The van der Waals surface area contributed by atoms with Crippen LogP contribution in [0.2, 0.25) is 0 Å². The molecule has 2 rings (SSSR count). The molecule has 0 N–H and O–H groups in total. The van der Waals surface area contributed by atoms with Crippen molar-refractivity contribution >= 4 is 23.4 Å². The molecule has 27 heavy (non-hydrogen) atoms. The number of Topliss-reactive ketones (excluding diaryl/α,β-unsaturated/α-hetero) is 1. The Bertz CT molecular complexity index is 934. The van der Waals surface area contributed by atoms with Crippen molar-refractivity contribution in [1.29, 1.82) is 0 Å². The number of rotatable bonds is 6. The molecular formula is C19H17NO7. The van der Waals surface area contributed by atoms with Gasteiger partial charge in [-0.15, -0.1) is 0 Å². The van der Waals surface area contributed by atoms with Crippen molar-refractivity contribution < 1.29 is 28.8 Å². The van der Waals surface area contributed by atoms with Crippen molar-refractivity contribution in [2.24, 2.45) is 0 Å². The number of non-ortho nitro benzene ring substituents is 1. The Kier molecular flexibility index (Phi) is 6.02. The first kappa shape index (κ1) is 19.8. The Labute approximate surface area is 154 Å². The lowest BCUT2D eigenvalue weighted by molar-refractivity contribution is -0.384. The summed E-state index contributed by atoms with van der Waals surface area (Å²) in [5, 5.41) is 11.0. The van der Waals surface area contributed by atoms with E-state index in [1.165, 1.54) is 0 Å². The molecule has 8 nitrogen and oxygen atoms in total. The molecule has 0 atom stereocenters. The second-order valence-corrected chi connectivity index (χ2v) is 5.83. The first-order valence-electron chi connectivity index (χ1n) is 7.88. The number of nitro groups is 1. The van der Waals surface area contributed by atoms with Crippen molar-refractivity contribution in [2.45, 2.75) is 13.8 Å². The summed E-state index contributed by atoms with van der Waals surface area (Å²) in [6, 6.07) is 8.32. The normalized spacial score (nSPS) is 10.2. The van der Waals surface area contributed by atoms with Crippen LogP contribution in [0.4, 0.5) is 5.69 Å². The molecule has 0 heterocycles. The van der Waals surface area contributed by atoms with Crippen LogP contribution in [0.5, 0.6) is 0 Å². The molecule has 0 bridgehead atoms. The number of hydrogen-bond donors (Lipinski definition) is 0. The Balaban J connectivity index is 2.19. The molecule has 0 saturated carbocycles. The van der Waals surface area contributed by atoms with Gasteiger partial charge < -0.3 is 9.47 Å². The number of ether oxygens (including phenoxy) is 2. The van der Waals surface area contributed by atoms with E-state index in [1.54, 1.807) is 19.1 Å². The summed E-state index contributed by atoms with van der Waals surface area (Å²) < 4.78 is 9.49. The molecule has 0 unspecified atom stereocenters. The molecule has 8 heteroatoms. The van der Waals surface area contributed by atoms with Gasteiger partial charge in [0, 0.05) is 17.7 Å². The summed E-state index contributed by atoms with van der Waals surface area (Å²) in [6.45, 7) is 3.13. The molecular weight excluding hydrogens is 354 g/mol. The number of carbonyl (C=O) groups excluding carboxylic acids is 3. The van der Waals surface area contributed by atoms with Gasteiger partial charge in [-0.05, 0) is 25.5 Å². The highest BCUT2D eigenvalue weighted by Gasteiger charge is 2.20. The Morgan fingerprint density at radius 1 is 1.00 bits per heavy atom. The van der Waals surface area contributed by atoms with Crippen molar-refractivity contribution in [3.8, 4) is 0 Å². The predicted molar refractivity (Wildman–Crippen MR) is 95.0 cm³/mol. The van der Waals surface area contributed by atoms with Crippen LogP contribution in [-0.4, -0.2) is 36.4 Å². The van der Waals surface area contributed by atoms with Crippen LogP contribution in [0.3, 0.4) is 0 Å². The third-order valence-electron chi connectivity index (χ3n) is 3.80. The first-order chi connectivity index (χ1) is 12.7. The molecule has 0 saturated heterocycles. The maximum atomic E-state index is 12.2. The van der Waals surface area contributed by atoms with Gasteiger partial charge in [-0.25, -0.2) is 9.59 Å². The fourth-order valence-corrected chi connectivity index (χ4v) is 2.49. The van der Waals surface area contributed by atoms with Gasteiger partial charge in [0.05, 0.1) is 23.2 Å². The maximum Gasteiger partial charge on any atom is 0.338 e. The van der Waals surface area contributed by atoms with E-state index in [0.717, 1.165) is 36.4 Å². The zero-order valence-electron chi connectivity index (χ0n) is 15.0. The van der Waals surface area contributed by atoms with Crippen LogP contribution < -0.4 is 0 Å². The smallest absolute Gasteiger partial charge is 0.338 e. The molecule has 0 radical (unpaired) electrons. The van der Waals surface area contributed by atoms with Gasteiger partial charge in [0.2, 0.25) is 5.78 Å². The second-order valence-electron chi connectivity index (χ2n) is 5.83. The van der Waals surface area contributed by atoms with Crippen molar-refractivity contribution in [2.75, 3.05) is 13.7 Å². The minimum absolute atomic E-state index is 0.167. The standard InChI is InChI=1S/C19H17NO7/c1-11-4-5-16(12(2)6-11)17(21)10-27-19(23)14-7-13(18(22)26-3)8-15(9-14)20(24)25/h4-9H,10H2,1-3H3. The van der Waals surface area contributed by atoms with Crippen LogP contribution in [0, 0.1) is 24.0 Å². The van der Waals surface area contributed by atoms with Gasteiger partial charge in [0.25, 0.3) is 5.69 Å². The molecule has 0 amide bonds. The second kappa shape index (κ2) is 8.22. The number of nitrogens with zero attached hydrogens (tertiary/aromatic N) is 1. The third-order valence-corrected chi connectivity index (χ3v) is 3.80. The average molecular weight is 371 g/mol. The van der Waals surface area contributed by atoms with E-state index in [9.17, 15) is 24.5 Å². The van der Waals surface area contributed by atoms with Gasteiger partial charge in [-0.3, -0.25) is 14.9 Å². The van der Waals surface area contributed by atoms with E-state index < -0.39 is 34.9 Å². The molecule has 0 fully saturated rings. The summed E-state index contributed by atoms with van der Waals surface area (Å²) in [6.07, 6.45) is 0. The SMILES string of the molecule is COC(=O)c1cc(C(=O)OCC(=O)c2ccc(C)cc2C)cc([N+](=O)[O-])c1. The van der Waals surface area contributed by atoms with E-state index >= 15 is 0 Å². The Morgan fingerprint density at radius 2 is 1.63 bits per heavy atom. The maximum absolute atomic E-state index is 12.2. The fourth-order valence-electron chi connectivity index (χ4n) is 2.49. The number of hydrogen-bond acceptors (Lipinski definition) is 7. The highest BCUT2D eigenvalue weighted by Crippen LogP contribution is 2.19. The lowest BCUT2D eigenvalue weighted by Crippen LogP contribution is -2.16. The number of nitro benzene ring substituents is 1. The van der Waals surface area contributed by atoms with E-state index in [1.807, 2.05) is 13.0 Å². The van der Waals surface area contributed by atoms with E-state index in [-0.39, 0.29) is 11.1 Å². The number of benzene rings is 2. The quantitative estimate of drug-likeness (QED) is 0.332. The lowest BCUT2D eigenvalue weighted by Gasteiger charge is -2.08. The monoisotopic (exact) mass is 371 g/mol. The summed E-state index contributed by atoms with van der Waals surface area (Å²) in [5.41, 5.74) is 1.30. The molecule has 140 valence electrons. The molecule has 0 aliphatic rings. The number of aryl methyl sites for hydroxylation is 2. The molecule has 2 aromatic carbocycles. The summed E-state index contributed by atoms with van der Waals surface area (Å²) in [4.78, 5) is 46.3. The van der Waals surface area contributed by atoms with Crippen LogP contribution in [-0.2, 0) is 9.47 Å². The van der Waals surface area contributed by atoms with Gasteiger partial charge in [0.15, 0.2) is 6.61 Å². The summed E-state index contributed by atoms with van der Waals surface area (Å²) in [5.74, 6) is -2.19. The van der Waals surface area contributed by atoms with Crippen LogP contribution in [0.1, 0.15) is 42.2 Å². The largest absolute Gasteiger partial charge is 0.465 e. The van der Waals surface area contributed by atoms with E-state index in [2.05, 4.69) is 4.74 Å². The van der Waals surface area contributed by atoms with Gasteiger partial charge in [-0.2, -0.15) is 0 Å². The highest BCUT2D eigenvalue weighted by atomic mass is 16.6. The topological polar surface area (TPSA) is 113 Å². The fraction of sp³-hybridized carbons (Fsp3) is 0.211. The van der Waals surface area contributed by atoms with Gasteiger partial charge in [-0.1, -0.05) is 23.8 Å². The zero-order valence-corrected chi connectivity index (χ0v) is 15.0. The molecule has 0 spiro atoms. The number of esters is 2. The van der Waals surface area contributed by atoms with Crippen LogP contribution >= 0.6 is 0 Å². The number of carbonyl (C=O) groups is 3. The Morgan fingerprint density at radius 3 is 2.19 bits per heavy atom. The van der Waals surface area contributed by atoms with Gasteiger partial charge >= 0.3 is 11.9 Å². The third kappa shape index (κ3) is 4.75. The lowest BCUT2D eigenvalue weighted by atomic mass is 10.0. The zero-order chi connectivity index (χ0) is 20.1. The van der Waals surface area contributed by atoms with Crippen LogP contribution in [0.15, 0.2) is 36.4 Å². The van der Waals surface area contributed by atoms with E-state index in [0.29, 0.717) is 5.56 Å². The molecule has 0 aromatic heterocycles. The first-order valence-corrected chi connectivity index (χ1v) is 7.88. The Hall–Kier alpha value is -3.55. The molecule has 0 aliphatic carbocycles. The molecule has 2 aromatic rings. The predicted octanol–water partition coefficient (Wildman–Crippen LogP) is 3.04. The van der Waals surface area contributed by atoms with Gasteiger partial charge in [0.1, 0.15) is 0 Å². The minimum Gasteiger partial charge on any atom is -0.465 e. The molecule has 0 aliphatic heterocycles. The number of methoxy groups -OCH3 is 1. The summed E-state index contributed by atoms with van der Waals surface area (Å²) in [7, 11) is 1.11. The highest BCUT2D eigenvalue weighted by molar-refractivity contribution is 6.01. The van der Waals surface area contributed by atoms with E-state index in [4.69, 9.17) is 4.74 Å².